The number of hydrogen-bond donors (Lipinski definition) is 2. The molecule has 0 radical (unpaired) electrons. The molecular formula is C25H42O2. The van der Waals surface area contributed by atoms with Crippen LogP contribution < -0.4 is 0 Å². The second kappa shape index (κ2) is 22.8. The predicted molar refractivity (Wildman–Crippen MR) is 117 cm³/mol. The Bertz CT molecular complexity index is 444. The Labute approximate surface area is 168 Å². The zero-order valence-corrected chi connectivity index (χ0v) is 17.6. The van der Waals surface area contributed by atoms with E-state index in [4.69, 9.17) is 5.11 Å². The van der Waals surface area contributed by atoms with Crippen molar-refractivity contribution in [2.75, 3.05) is 6.61 Å². The maximum atomic E-state index is 9.66. The number of aliphatic hydroxyl groups excluding tert-OH is 2. The molecule has 1 atom stereocenters. The zero-order chi connectivity index (χ0) is 19.8. The molecule has 0 aromatic heterocycles. The molecule has 0 spiro atoms. The minimum atomic E-state index is -0.582. The fraction of sp³-hybridized carbons (Fsp3) is 0.760. The molecule has 0 aliphatic heterocycles. The summed E-state index contributed by atoms with van der Waals surface area (Å²) in [6.45, 7) is 2.09. The Morgan fingerprint density at radius 3 is 1.78 bits per heavy atom. The molecule has 0 aliphatic carbocycles. The van der Waals surface area contributed by atoms with Crippen LogP contribution in [0.25, 0.3) is 0 Å². The van der Waals surface area contributed by atoms with Gasteiger partial charge in [0.25, 0.3) is 0 Å². The van der Waals surface area contributed by atoms with Gasteiger partial charge in [0.05, 0.1) is 0 Å². The van der Waals surface area contributed by atoms with Crippen LogP contribution in [0.15, 0.2) is 12.2 Å². The van der Waals surface area contributed by atoms with Gasteiger partial charge in [-0.05, 0) is 50.4 Å². The summed E-state index contributed by atoms with van der Waals surface area (Å²) in [5, 5.41) is 18.2. The normalized spacial score (nSPS) is 11.7. The number of rotatable bonds is 17. The molecule has 0 amide bonds. The lowest BCUT2D eigenvalue weighted by atomic mass is 10.1. The third-order valence-corrected chi connectivity index (χ3v) is 4.71. The standard InChI is InChI=1S/C25H42O2/c1-2-3-4-5-6-7-8-9-10-11-12-13-14-15-16-17-19-22-25(27)23-20-18-21-24-26/h9-10,25-27H,2-8,11-17,19,22,24H2,1H3/b10-9+/t25-/m1/s1. The van der Waals surface area contributed by atoms with Crippen molar-refractivity contribution in [3.05, 3.63) is 12.2 Å². The summed E-state index contributed by atoms with van der Waals surface area (Å²) in [6.07, 6.45) is 24.4. The van der Waals surface area contributed by atoms with Gasteiger partial charge in [0.1, 0.15) is 12.7 Å². The Morgan fingerprint density at radius 1 is 0.704 bits per heavy atom. The van der Waals surface area contributed by atoms with Gasteiger partial charge in [-0.2, -0.15) is 0 Å². The van der Waals surface area contributed by atoms with E-state index >= 15 is 0 Å². The molecule has 2 N–H and O–H groups in total. The lowest BCUT2D eigenvalue weighted by molar-refractivity contribution is 0.217. The number of hydrogen-bond acceptors (Lipinski definition) is 2. The van der Waals surface area contributed by atoms with Crippen molar-refractivity contribution in [2.24, 2.45) is 0 Å². The van der Waals surface area contributed by atoms with E-state index in [1.807, 2.05) is 0 Å². The molecule has 2 heteroatoms. The van der Waals surface area contributed by atoms with E-state index in [1.54, 1.807) is 0 Å². The van der Waals surface area contributed by atoms with Gasteiger partial charge >= 0.3 is 0 Å². The largest absolute Gasteiger partial charge is 0.384 e. The van der Waals surface area contributed by atoms with Crippen molar-refractivity contribution in [1.82, 2.24) is 0 Å². The van der Waals surface area contributed by atoms with Crippen molar-refractivity contribution in [1.29, 1.82) is 0 Å². The lowest BCUT2D eigenvalue weighted by Crippen LogP contribution is -2.01. The molecule has 0 saturated carbocycles. The van der Waals surface area contributed by atoms with E-state index in [0.717, 1.165) is 12.8 Å². The summed E-state index contributed by atoms with van der Waals surface area (Å²) < 4.78 is 0. The molecule has 0 heterocycles. The monoisotopic (exact) mass is 374 g/mol. The zero-order valence-electron chi connectivity index (χ0n) is 17.6. The summed E-state index contributed by atoms with van der Waals surface area (Å²) >= 11 is 0. The molecule has 2 nitrogen and oxygen atoms in total. The molecule has 0 bridgehead atoms. The van der Waals surface area contributed by atoms with Gasteiger partial charge in [-0.25, -0.2) is 0 Å². The van der Waals surface area contributed by atoms with Crippen LogP contribution >= 0.6 is 0 Å². The topological polar surface area (TPSA) is 40.5 Å². The fourth-order valence-electron chi connectivity index (χ4n) is 3.04. The highest BCUT2D eigenvalue weighted by molar-refractivity contribution is 5.27. The Morgan fingerprint density at radius 2 is 1.22 bits per heavy atom. The molecular weight excluding hydrogens is 332 g/mol. The van der Waals surface area contributed by atoms with Crippen LogP contribution in [0.3, 0.4) is 0 Å². The summed E-state index contributed by atoms with van der Waals surface area (Å²) in [4.78, 5) is 0. The number of allylic oxidation sites excluding steroid dienone is 2. The Kier molecular flexibility index (Phi) is 21.8. The molecule has 0 rings (SSSR count). The van der Waals surface area contributed by atoms with Gasteiger partial charge in [-0.15, -0.1) is 0 Å². The van der Waals surface area contributed by atoms with Crippen molar-refractivity contribution in [2.45, 2.75) is 116 Å². The molecule has 0 aromatic rings. The van der Waals surface area contributed by atoms with Crippen LogP contribution in [0, 0.1) is 23.7 Å². The van der Waals surface area contributed by atoms with E-state index < -0.39 is 6.10 Å². The van der Waals surface area contributed by atoms with E-state index in [1.165, 1.54) is 89.9 Å². The molecule has 0 aromatic carbocycles. The maximum Gasteiger partial charge on any atom is 0.115 e. The third kappa shape index (κ3) is 22.7. The Balaban J connectivity index is 3.26. The van der Waals surface area contributed by atoms with Gasteiger partial charge in [0, 0.05) is 0 Å². The molecule has 0 unspecified atom stereocenters. The van der Waals surface area contributed by atoms with E-state index in [2.05, 4.69) is 42.8 Å². The SMILES string of the molecule is CCCCCCCC/C=C/CCCCCCCCC[C@@H](O)C#CC#CCO. The van der Waals surface area contributed by atoms with Crippen LogP contribution in [0.5, 0.6) is 0 Å². The highest BCUT2D eigenvalue weighted by Crippen LogP contribution is 2.11. The van der Waals surface area contributed by atoms with E-state index in [9.17, 15) is 5.11 Å². The summed E-state index contributed by atoms with van der Waals surface area (Å²) in [7, 11) is 0. The van der Waals surface area contributed by atoms with E-state index in [0.29, 0.717) is 0 Å². The third-order valence-electron chi connectivity index (χ3n) is 4.71. The second-order valence-electron chi connectivity index (χ2n) is 7.33. The smallest absolute Gasteiger partial charge is 0.115 e. The van der Waals surface area contributed by atoms with E-state index in [-0.39, 0.29) is 6.61 Å². The first-order chi connectivity index (χ1) is 13.3. The summed E-state index contributed by atoms with van der Waals surface area (Å²) in [6, 6.07) is 0. The van der Waals surface area contributed by atoms with Crippen LogP contribution in [-0.2, 0) is 0 Å². The van der Waals surface area contributed by atoms with Gasteiger partial charge in [0.15, 0.2) is 0 Å². The minimum absolute atomic E-state index is 0.180. The van der Waals surface area contributed by atoms with Gasteiger partial charge in [0.2, 0.25) is 0 Å². The first kappa shape index (κ1) is 25.8. The van der Waals surface area contributed by atoms with Crippen LogP contribution in [0.4, 0.5) is 0 Å². The molecule has 0 fully saturated rings. The van der Waals surface area contributed by atoms with Crippen molar-refractivity contribution >= 4 is 0 Å². The van der Waals surface area contributed by atoms with Gasteiger partial charge in [-0.1, -0.05) is 95.1 Å². The predicted octanol–water partition coefficient (Wildman–Crippen LogP) is 6.16. The van der Waals surface area contributed by atoms with Crippen molar-refractivity contribution < 1.29 is 10.2 Å². The van der Waals surface area contributed by atoms with Crippen LogP contribution in [0.1, 0.15) is 110 Å². The lowest BCUT2D eigenvalue weighted by Gasteiger charge is -2.03. The highest BCUT2D eigenvalue weighted by atomic mass is 16.3. The Hall–Kier alpha value is -1.22. The fourth-order valence-corrected chi connectivity index (χ4v) is 3.04. The average Bonchev–Trinajstić information content (AvgIpc) is 2.67. The summed E-state index contributed by atoms with van der Waals surface area (Å²) in [5.74, 6) is 10.2. The van der Waals surface area contributed by atoms with Crippen LogP contribution in [-0.4, -0.2) is 22.9 Å². The molecule has 0 saturated heterocycles. The first-order valence-electron chi connectivity index (χ1n) is 11.2. The average molecular weight is 375 g/mol. The molecule has 27 heavy (non-hydrogen) atoms. The maximum absolute atomic E-state index is 9.66. The molecule has 154 valence electrons. The van der Waals surface area contributed by atoms with Crippen LogP contribution in [0.2, 0.25) is 0 Å². The number of aliphatic hydroxyl groups is 2. The minimum Gasteiger partial charge on any atom is -0.384 e. The highest BCUT2D eigenvalue weighted by Gasteiger charge is 1.98. The molecule has 0 aliphatic rings. The number of unbranched alkanes of at least 4 members (excludes halogenated alkanes) is 13. The second-order valence-corrected chi connectivity index (χ2v) is 7.33. The van der Waals surface area contributed by atoms with Crippen molar-refractivity contribution in [3.8, 4) is 23.7 Å². The first-order valence-corrected chi connectivity index (χ1v) is 11.2. The summed E-state index contributed by atoms with van der Waals surface area (Å²) in [5.41, 5.74) is 0. The van der Waals surface area contributed by atoms with Gasteiger partial charge in [-0.3, -0.25) is 0 Å². The van der Waals surface area contributed by atoms with Gasteiger partial charge < -0.3 is 10.2 Å². The van der Waals surface area contributed by atoms with Crippen molar-refractivity contribution in [3.63, 3.8) is 0 Å². The quantitative estimate of drug-likeness (QED) is 0.182.